The lowest BCUT2D eigenvalue weighted by molar-refractivity contribution is -0.385. The number of aromatic nitrogens is 1. The number of pyridine rings is 1. The number of benzene rings is 1. The summed E-state index contributed by atoms with van der Waals surface area (Å²) in [6, 6.07) is 9.26. The zero-order valence-electron chi connectivity index (χ0n) is 15.5. The van der Waals surface area contributed by atoms with Gasteiger partial charge in [0.05, 0.1) is 33.0 Å². The Hall–Kier alpha value is -3.79. The maximum atomic E-state index is 12.4. The molecule has 0 saturated heterocycles. The van der Waals surface area contributed by atoms with Crippen LogP contribution in [-0.4, -0.2) is 28.8 Å². The Balaban J connectivity index is 1.76. The molecule has 2 amide bonds. The SMILES string of the molecule is COc1cc(NC(=O)c2cc([N+](=O)[O-])c(C)s2)ccc1NC(=O)c1cccnc1. The van der Waals surface area contributed by atoms with Crippen LogP contribution in [0, 0.1) is 17.0 Å². The number of thiophene rings is 1. The molecule has 2 N–H and O–H groups in total. The third-order valence-electron chi connectivity index (χ3n) is 3.94. The minimum Gasteiger partial charge on any atom is -0.494 e. The van der Waals surface area contributed by atoms with E-state index in [2.05, 4.69) is 15.6 Å². The van der Waals surface area contributed by atoms with Crippen molar-refractivity contribution in [3.8, 4) is 5.75 Å². The number of nitro groups is 1. The van der Waals surface area contributed by atoms with Gasteiger partial charge in [-0.1, -0.05) is 0 Å². The fraction of sp³-hybridized carbons (Fsp3) is 0.105. The summed E-state index contributed by atoms with van der Waals surface area (Å²) < 4.78 is 5.30. The number of anilines is 2. The molecule has 0 radical (unpaired) electrons. The van der Waals surface area contributed by atoms with E-state index in [1.54, 1.807) is 43.5 Å². The minimum absolute atomic E-state index is 0.0915. The quantitative estimate of drug-likeness (QED) is 0.468. The van der Waals surface area contributed by atoms with Gasteiger partial charge < -0.3 is 15.4 Å². The van der Waals surface area contributed by atoms with Gasteiger partial charge in [0.15, 0.2) is 0 Å². The number of carbonyl (C=O) groups is 2. The molecule has 0 unspecified atom stereocenters. The van der Waals surface area contributed by atoms with Crippen molar-refractivity contribution in [2.24, 2.45) is 0 Å². The van der Waals surface area contributed by atoms with Crippen molar-refractivity contribution in [3.05, 3.63) is 74.2 Å². The zero-order valence-corrected chi connectivity index (χ0v) is 16.3. The third kappa shape index (κ3) is 4.55. The first kappa shape index (κ1) is 20.0. The Morgan fingerprint density at radius 2 is 1.97 bits per heavy atom. The maximum Gasteiger partial charge on any atom is 0.283 e. The number of rotatable bonds is 6. The predicted molar refractivity (Wildman–Crippen MR) is 109 cm³/mol. The van der Waals surface area contributed by atoms with Gasteiger partial charge in [0, 0.05) is 30.2 Å². The molecule has 0 aliphatic rings. The number of aryl methyl sites for hydroxylation is 1. The number of methoxy groups -OCH3 is 1. The van der Waals surface area contributed by atoms with Crippen LogP contribution in [-0.2, 0) is 0 Å². The van der Waals surface area contributed by atoms with E-state index in [0.717, 1.165) is 11.3 Å². The van der Waals surface area contributed by atoms with Gasteiger partial charge >= 0.3 is 0 Å². The summed E-state index contributed by atoms with van der Waals surface area (Å²) in [6.45, 7) is 1.59. The summed E-state index contributed by atoms with van der Waals surface area (Å²) in [5.41, 5.74) is 1.13. The minimum atomic E-state index is -0.522. The van der Waals surface area contributed by atoms with E-state index in [1.165, 1.54) is 19.4 Å². The van der Waals surface area contributed by atoms with E-state index in [9.17, 15) is 19.7 Å². The number of hydrogen-bond acceptors (Lipinski definition) is 7. The van der Waals surface area contributed by atoms with E-state index in [0.29, 0.717) is 27.6 Å². The summed E-state index contributed by atoms with van der Waals surface area (Å²) in [5.74, 6) is -0.483. The molecule has 10 heteroatoms. The van der Waals surface area contributed by atoms with Crippen LogP contribution < -0.4 is 15.4 Å². The van der Waals surface area contributed by atoms with Crippen LogP contribution in [0.4, 0.5) is 17.1 Å². The molecule has 1 aromatic carbocycles. The van der Waals surface area contributed by atoms with Gasteiger partial charge in [-0.2, -0.15) is 0 Å². The van der Waals surface area contributed by atoms with Crippen LogP contribution in [0.1, 0.15) is 24.9 Å². The van der Waals surface area contributed by atoms with Crippen molar-refractivity contribution < 1.29 is 19.2 Å². The number of amides is 2. The molecule has 0 spiro atoms. The van der Waals surface area contributed by atoms with E-state index in [1.807, 2.05) is 0 Å². The molecule has 0 saturated carbocycles. The van der Waals surface area contributed by atoms with Gasteiger partial charge in [-0.25, -0.2) is 0 Å². The van der Waals surface area contributed by atoms with Crippen LogP contribution in [0.15, 0.2) is 48.8 Å². The van der Waals surface area contributed by atoms with Gasteiger partial charge in [-0.15, -0.1) is 11.3 Å². The second-order valence-corrected chi connectivity index (χ2v) is 7.13. The molecule has 2 aromatic heterocycles. The standard InChI is InChI=1S/C19H16N4O5S/c1-11-15(23(26)27)9-17(29-11)19(25)21-13-5-6-14(16(8-13)28-2)22-18(24)12-4-3-7-20-10-12/h3-10H,1-2H3,(H,21,25)(H,22,24). The van der Waals surface area contributed by atoms with Crippen molar-refractivity contribution in [1.82, 2.24) is 4.98 Å². The molecule has 2 heterocycles. The lowest BCUT2D eigenvalue weighted by Crippen LogP contribution is -2.14. The monoisotopic (exact) mass is 412 g/mol. The van der Waals surface area contributed by atoms with Crippen molar-refractivity contribution >= 4 is 40.2 Å². The fourth-order valence-corrected chi connectivity index (χ4v) is 3.40. The predicted octanol–water partition coefficient (Wildman–Crippen LogP) is 3.87. The normalized spacial score (nSPS) is 10.3. The van der Waals surface area contributed by atoms with Crippen molar-refractivity contribution in [3.63, 3.8) is 0 Å². The maximum absolute atomic E-state index is 12.4. The molecule has 29 heavy (non-hydrogen) atoms. The highest BCUT2D eigenvalue weighted by atomic mass is 32.1. The average molecular weight is 412 g/mol. The Morgan fingerprint density at radius 1 is 1.17 bits per heavy atom. The van der Waals surface area contributed by atoms with Crippen molar-refractivity contribution in [1.29, 1.82) is 0 Å². The first-order valence-electron chi connectivity index (χ1n) is 8.34. The second-order valence-electron chi connectivity index (χ2n) is 5.87. The summed E-state index contributed by atoms with van der Waals surface area (Å²) >= 11 is 1.04. The third-order valence-corrected chi connectivity index (χ3v) is 4.98. The first-order chi connectivity index (χ1) is 13.9. The molecule has 0 bridgehead atoms. The van der Waals surface area contributed by atoms with Crippen LogP contribution >= 0.6 is 11.3 Å². The molecule has 9 nitrogen and oxygen atoms in total. The number of carbonyl (C=O) groups excluding carboxylic acids is 2. The van der Waals surface area contributed by atoms with Crippen molar-refractivity contribution in [2.75, 3.05) is 17.7 Å². The lowest BCUT2D eigenvalue weighted by atomic mass is 10.2. The molecule has 0 aliphatic heterocycles. The van der Waals surface area contributed by atoms with Gasteiger partial charge in [0.1, 0.15) is 5.75 Å². The Morgan fingerprint density at radius 3 is 2.59 bits per heavy atom. The molecule has 148 valence electrons. The van der Waals surface area contributed by atoms with Crippen LogP contribution in [0.3, 0.4) is 0 Å². The molecule has 0 atom stereocenters. The molecular formula is C19H16N4O5S. The van der Waals surface area contributed by atoms with Crippen LogP contribution in [0.2, 0.25) is 0 Å². The molecule has 3 aromatic rings. The molecule has 3 rings (SSSR count). The van der Waals surface area contributed by atoms with Crippen LogP contribution in [0.5, 0.6) is 5.75 Å². The second kappa shape index (κ2) is 8.48. The topological polar surface area (TPSA) is 123 Å². The Kier molecular flexibility index (Phi) is 5.84. The summed E-state index contributed by atoms with van der Waals surface area (Å²) in [6.07, 6.45) is 3.01. The molecule has 0 aliphatic carbocycles. The zero-order chi connectivity index (χ0) is 21.0. The van der Waals surface area contributed by atoms with Crippen LogP contribution in [0.25, 0.3) is 0 Å². The van der Waals surface area contributed by atoms with Gasteiger partial charge in [0.2, 0.25) is 0 Å². The first-order valence-corrected chi connectivity index (χ1v) is 9.16. The van der Waals surface area contributed by atoms with Gasteiger partial charge in [0.25, 0.3) is 17.5 Å². The number of ether oxygens (including phenoxy) is 1. The largest absolute Gasteiger partial charge is 0.494 e. The highest BCUT2D eigenvalue weighted by Gasteiger charge is 2.20. The smallest absolute Gasteiger partial charge is 0.283 e. The number of nitrogens with zero attached hydrogens (tertiary/aromatic N) is 2. The number of hydrogen-bond donors (Lipinski definition) is 2. The van der Waals surface area contributed by atoms with E-state index in [-0.39, 0.29) is 16.5 Å². The summed E-state index contributed by atoms with van der Waals surface area (Å²) in [4.78, 5) is 39.7. The van der Waals surface area contributed by atoms with E-state index >= 15 is 0 Å². The average Bonchev–Trinajstić information content (AvgIpc) is 3.12. The van der Waals surface area contributed by atoms with Gasteiger partial charge in [-0.3, -0.25) is 24.7 Å². The van der Waals surface area contributed by atoms with E-state index in [4.69, 9.17) is 4.74 Å². The van der Waals surface area contributed by atoms with Gasteiger partial charge in [-0.05, 0) is 31.2 Å². The molecular weight excluding hydrogens is 396 g/mol. The highest BCUT2D eigenvalue weighted by Crippen LogP contribution is 2.31. The van der Waals surface area contributed by atoms with E-state index < -0.39 is 10.8 Å². The Labute approximate surface area is 169 Å². The Bertz CT molecular complexity index is 1080. The lowest BCUT2D eigenvalue weighted by Gasteiger charge is -2.12. The highest BCUT2D eigenvalue weighted by molar-refractivity contribution is 7.14. The number of nitrogens with one attached hydrogen (secondary N) is 2. The fourth-order valence-electron chi connectivity index (χ4n) is 2.52. The molecule has 0 fully saturated rings. The summed E-state index contributed by atoms with van der Waals surface area (Å²) in [5, 5.41) is 16.3. The summed E-state index contributed by atoms with van der Waals surface area (Å²) in [7, 11) is 1.44. The van der Waals surface area contributed by atoms with Crippen molar-refractivity contribution in [2.45, 2.75) is 6.92 Å².